The van der Waals surface area contributed by atoms with Crippen LogP contribution in [0.15, 0.2) is 40.6 Å². The molecule has 1 aliphatic heterocycles. The van der Waals surface area contributed by atoms with Gasteiger partial charge in [0.05, 0.1) is 10.5 Å². The molecule has 1 aromatic carbocycles. The van der Waals surface area contributed by atoms with Gasteiger partial charge in [0.25, 0.3) is 0 Å². The molecule has 2 unspecified atom stereocenters. The number of piperidine rings is 1. The minimum Gasteiger partial charge on any atom is -0.385 e. The van der Waals surface area contributed by atoms with Crippen LogP contribution in [0.25, 0.3) is 0 Å². The Morgan fingerprint density at radius 3 is 2.68 bits per heavy atom. The second-order valence-corrected chi connectivity index (χ2v) is 9.49. The molecule has 1 saturated heterocycles. The van der Waals surface area contributed by atoms with E-state index in [1.165, 1.54) is 10.9 Å². The lowest BCUT2D eigenvalue weighted by atomic mass is 9.88. The molecule has 0 radical (unpaired) electrons. The van der Waals surface area contributed by atoms with E-state index < -0.39 is 26.7 Å². The van der Waals surface area contributed by atoms with Crippen molar-refractivity contribution in [2.45, 2.75) is 30.0 Å². The van der Waals surface area contributed by atoms with Crippen molar-refractivity contribution in [2.75, 3.05) is 25.5 Å². The van der Waals surface area contributed by atoms with Gasteiger partial charge in [-0.15, -0.1) is 11.3 Å². The Morgan fingerprint density at radius 2 is 2.07 bits per heavy atom. The molecule has 0 bridgehead atoms. The predicted octanol–water partition coefficient (Wildman–Crippen LogP) is 3.91. The third-order valence-corrected chi connectivity index (χ3v) is 6.91. The van der Waals surface area contributed by atoms with E-state index in [-0.39, 0.29) is 17.6 Å². The van der Waals surface area contributed by atoms with Crippen LogP contribution < -0.4 is 10.5 Å². The molecule has 3 N–H and O–H groups in total. The number of likely N-dealkylation sites (tertiary alicyclic amines) is 1. The van der Waals surface area contributed by atoms with Crippen molar-refractivity contribution < 1.29 is 21.6 Å². The number of halogens is 3. The second kappa shape index (κ2) is 8.02. The fourth-order valence-corrected chi connectivity index (χ4v) is 5.46. The number of nitrogens with zero attached hydrogens (tertiary/aromatic N) is 1. The van der Waals surface area contributed by atoms with Crippen LogP contribution in [0.5, 0.6) is 0 Å². The maximum atomic E-state index is 13.3. The Kier molecular flexibility index (Phi) is 6.04. The monoisotopic (exact) mass is 433 g/mol. The molecule has 0 saturated carbocycles. The van der Waals surface area contributed by atoms with Gasteiger partial charge in [-0.05, 0) is 62.0 Å². The third kappa shape index (κ3) is 4.68. The van der Waals surface area contributed by atoms with Crippen LogP contribution in [0.2, 0.25) is 0 Å². The highest BCUT2D eigenvalue weighted by Gasteiger charge is 2.37. The highest BCUT2D eigenvalue weighted by Crippen LogP contribution is 2.38. The summed E-state index contributed by atoms with van der Waals surface area (Å²) in [6.07, 6.45) is -2.84. The van der Waals surface area contributed by atoms with Gasteiger partial charge in [-0.2, -0.15) is 13.2 Å². The molecule has 154 valence electrons. The van der Waals surface area contributed by atoms with Gasteiger partial charge in [-0.3, -0.25) is 4.90 Å². The van der Waals surface area contributed by atoms with Gasteiger partial charge < -0.3 is 5.32 Å². The number of sulfonamides is 1. The van der Waals surface area contributed by atoms with Crippen LogP contribution in [0, 0.1) is 5.92 Å². The topological polar surface area (TPSA) is 75.4 Å². The summed E-state index contributed by atoms with van der Waals surface area (Å²) >= 11 is 1.67. The highest BCUT2D eigenvalue weighted by atomic mass is 32.2. The minimum atomic E-state index is -4.82. The molecule has 1 aromatic heterocycles. The van der Waals surface area contributed by atoms with E-state index in [9.17, 15) is 21.6 Å². The average molecular weight is 434 g/mol. The molecule has 5 nitrogen and oxygen atoms in total. The molecule has 2 aromatic rings. The Hall–Kier alpha value is -1.62. The first-order chi connectivity index (χ1) is 13.1. The Labute approximate surface area is 166 Å². The van der Waals surface area contributed by atoms with Crippen molar-refractivity contribution in [1.29, 1.82) is 0 Å². The molecule has 3 rings (SSSR count). The van der Waals surface area contributed by atoms with Gasteiger partial charge in [-0.1, -0.05) is 6.07 Å². The first-order valence-electron chi connectivity index (χ1n) is 8.79. The molecule has 0 spiro atoms. The largest absolute Gasteiger partial charge is 0.417 e. The maximum absolute atomic E-state index is 13.3. The van der Waals surface area contributed by atoms with Crippen molar-refractivity contribution in [1.82, 2.24) is 4.90 Å². The summed E-state index contributed by atoms with van der Waals surface area (Å²) in [7, 11) is -2.41. The quantitative estimate of drug-likeness (QED) is 0.750. The van der Waals surface area contributed by atoms with Crippen molar-refractivity contribution in [3.8, 4) is 0 Å². The average Bonchev–Trinajstić information content (AvgIpc) is 3.12. The number of anilines is 1. The van der Waals surface area contributed by atoms with Crippen LogP contribution >= 0.6 is 11.3 Å². The van der Waals surface area contributed by atoms with E-state index in [2.05, 4.69) is 23.3 Å². The molecule has 10 heteroatoms. The number of thiophene rings is 1. The molecule has 1 aliphatic rings. The summed E-state index contributed by atoms with van der Waals surface area (Å²) in [4.78, 5) is 2.58. The lowest BCUT2D eigenvalue weighted by molar-refractivity contribution is -0.139. The number of benzene rings is 1. The summed E-state index contributed by atoms with van der Waals surface area (Å²) in [5.41, 5.74) is -1.03. The SMILES string of the molecule is CN1CCCC(CNc2ccc(S(N)(=O)=O)c(C(F)(F)F)c2)C1c1cccs1. The van der Waals surface area contributed by atoms with E-state index in [0.717, 1.165) is 31.5 Å². The first kappa shape index (κ1) is 21.1. The van der Waals surface area contributed by atoms with Crippen molar-refractivity contribution in [2.24, 2.45) is 11.1 Å². The van der Waals surface area contributed by atoms with Crippen LogP contribution in [0.1, 0.15) is 29.3 Å². The minimum absolute atomic E-state index is 0.201. The standard InChI is InChI=1S/C18H22F3N3O2S2/c1-24-8-2-4-12(17(24)15-5-3-9-27-15)11-23-13-6-7-16(28(22,25)26)14(10-13)18(19,20)21/h3,5-7,9-10,12,17,23H,2,4,8,11H2,1H3,(H2,22,25,26). The molecular weight excluding hydrogens is 411 g/mol. The molecule has 0 aliphatic carbocycles. The number of alkyl halides is 3. The van der Waals surface area contributed by atoms with Gasteiger partial charge in [-0.25, -0.2) is 13.6 Å². The van der Waals surface area contributed by atoms with Crippen LogP contribution in [-0.2, 0) is 16.2 Å². The molecular formula is C18H22F3N3O2S2. The highest BCUT2D eigenvalue weighted by molar-refractivity contribution is 7.89. The summed E-state index contributed by atoms with van der Waals surface area (Å²) in [6.45, 7) is 1.46. The van der Waals surface area contributed by atoms with Gasteiger partial charge in [0, 0.05) is 23.2 Å². The van der Waals surface area contributed by atoms with Crippen molar-refractivity contribution >= 4 is 27.0 Å². The summed E-state index contributed by atoms with van der Waals surface area (Å²) in [5, 5.41) is 10.0. The van der Waals surface area contributed by atoms with E-state index in [0.29, 0.717) is 6.54 Å². The lowest BCUT2D eigenvalue weighted by Crippen LogP contribution is -2.38. The zero-order valence-electron chi connectivity index (χ0n) is 15.2. The van der Waals surface area contributed by atoms with Crippen molar-refractivity contribution in [3.05, 3.63) is 46.2 Å². The van der Waals surface area contributed by atoms with Gasteiger partial charge in [0.1, 0.15) is 0 Å². The first-order valence-corrected chi connectivity index (χ1v) is 11.2. The van der Waals surface area contributed by atoms with E-state index in [1.807, 2.05) is 11.4 Å². The fraction of sp³-hybridized carbons (Fsp3) is 0.444. The maximum Gasteiger partial charge on any atom is 0.417 e. The van der Waals surface area contributed by atoms with Crippen LogP contribution in [0.4, 0.5) is 18.9 Å². The van der Waals surface area contributed by atoms with E-state index in [4.69, 9.17) is 5.14 Å². The molecule has 2 heterocycles. The Balaban J connectivity index is 1.82. The van der Waals surface area contributed by atoms with Crippen LogP contribution in [-0.4, -0.2) is 33.5 Å². The van der Waals surface area contributed by atoms with Gasteiger partial charge in [0.15, 0.2) is 0 Å². The number of nitrogens with one attached hydrogen (secondary N) is 1. The zero-order chi connectivity index (χ0) is 20.5. The van der Waals surface area contributed by atoms with E-state index in [1.54, 1.807) is 11.3 Å². The van der Waals surface area contributed by atoms with Gasteiger partial charge >= 0.3 is 6.18 Å². The zero-order valence-corrected chi connectivity index (χ0v) is 16.9. The van der Waals surface area contributed by atoms with Gasteiger partial charge in [0.2, 0.25) is 10.0 Å². The second-order valence-electron chi connectivity index (χ2n) is 6.98. The third-order valence-electron chi connectivity index (χ3n) is 5.00. The number of nitrogens with two attached hydrogens (primary N) is 1. The number of hydrogen-bond acceptors (Lipinski definition) is 5. The Bertz CT molecular complexity index is 915. The molecule has 1 fully saturated rings. The predicted molar refractivity (Wildman–Crippen MR) is 104 cm³/mol. The molecule has 2 atom stereocenters. The van der Waals surface area contributed by atoms with Crippen molar-refractivity contribution in [3.63, 3.8) is 0 Å². The lowest BCUT2D eigenvalue weighted by Gasteiger charge is -2.39. The fourth-order valence-electron chi connectivity index (χ4n) is 3.74. The number of primary sulfonamides is 1. The number of hydrogen-bond donors (Lipinski definition) is 2. The van der Waals surface area contributed by atoms with Crippen LogP contribution in [0.3, 0.4) is 0 Å². The summed E-state index contributed by atoms with van der Waals surface area (Å²) < 4.78 is 62.9. The summed E-state index contributed by atoms with van der Waals surface area (Å²) in [5.74, 6) is 0.227. The normalized spacial score (nSPS) is 21.6. The Morgan fingerprint density at radius 1 is 1.32 bits per heavy atom. The molecule has 0 amide bonds. The van der Waals surface area contributed by atoms with E-state index >= 15 is 0 Å². The smallest absolute Gasteiger partial charge is 0.385 e. The molecule has 28 heavy (non-hydrogen) atoms. The number of rotatable bonds is 5. The summed E-state index contributed by atoms with van der Waals surface area (Å²) in [6, 6.07) is 7.31.